The molecular formula is C30H37ClF3N3O5. The van der Waals surface area contributed by atoms with Gasteiger partial charge in [0, 0.05) is 34.3 Å². The number of ether oxygens (including phenoxy) is 2. The van der Waals surface area contributed by atoms with Crippen molar-refractivity contribution in [2.45, 2.75) is 81.6 Å². The number of fused-ring (bicyclic) bond motifs is 1. The number of urea groups is 1. The Labute approximate surface area is 248 Å². The maximum Gasteiger partial charge on any atom is 0.490 e. The Kier molecular flexibility index (Phi) is 9.82. The summed E-state index contributed by atoms with van der Waals surface area (Å²) in [5.41, 5.74) is 3.15. The first-order chi connectivity index (χ1) is 19.9. The maximum atomic E-state index is 12.9. The molecule has 0 aromatic heterocycles. The van der Waals surface area contributed by atoms with Gasteiger partial charge in [0.25, 0.3) is 0 Å². The smallest absolute Gasteiger partial charge is 0.490 e. The van der Waals surface area contributed by atoms with Crippen LogP contribution in [0.2, 0.25) is 5.02 Å². The summed E-state index contributed by atoms with van der Waals surface area (Å²) in [7, 11) is 3.38. The number of halogens is 4. The summed E-state index contributed by atoms with van der Waals surface area (Å²) in [5, 5.41) is 14.0. The SMILES string of the molecule is COc1ccc(C23CCC(NC(=O)Nc4cc(Cl)ccc4C)CC2N(C2CCC2)CC3)cc1OC.O=C(O)C(F)(F)F. The van der Waals surface area contributed by atoms with Crippen molar-refractivity contribution in [2.75, 3.05) is 26.1 Å². The predicted molar refractivity (Wildman–Crippen MR) is 154 cm³/mol. The maximum absolute atomic E-state index is 12.9. The van der Waals surface area contributed by atoms with Gasteiger partial charge < -0.3 is 25.2 Å². The molecule has 3 N–H and O–H groups in total. The second-order valence-corrected chi connectivity index (χ2v) is 11.6. The number of aliphatic carboxylic acids is 1. The number of carbonyl (C=O) groups is 2. The Morgan fingerprint density at radius 1 is 1.05 bits per heavy atom. The molecule has 230 valence electrons. The van der Waals surface area contributed by atoms with E-state index in [4.69, 9.17) is 31.0 Å². The lowest BCUT2D eigenvalue weighted by molar-refractivity contribution is -0.192. The van der Waals surface area contributed by atoms with Crippen LogP contribution in [-0.2, 0) is 10.2 Å². The fourth-order valence-corrected chi connectivity index (χ4v) is 6.60. The zero-order valence-corrected chi connectivity index (χ0v) is 24.6. The van der Waals surface area contributed by atoms with E-state index in [1.807, 2.05) is 25.1 Å². The lowest BCUT2D eigenvalue weighted by Crippen LogP contribution is -2.55. The average Bonchev–Trinajstić information content (AvgIpc) is 3.28. The van der Waals surface area contributed by atoms with Crippen molar-refractivity contribution in [3.63, 3.8) is 0 Å². The van der Waals surface area contributed by atoms with Crippen LogP contribution in [0.4, 0.5) is 23.7 Å². The number of carboxylic acid groups (broad SMARTS) is 1. The number of amides is 2. The molecule has 1 aliphatic heterocycles. The van der Waals surface area contributed by atoms with Gasteiger partial charge in [-0.3, -0.25) is 4.90 Å². The van der Waals surface area contributed by atoms with Gasteiger partial charge in [-0.15, -0.1) is 0 Å². The highest BCUT2D eigenvalue weighted by molar-refractivity contribution is 6.31. The third-order valence-electron chi connectivity index (χ3n) is 8.83. The minimum Gasteiger partial charge on any atom is -0.493 e. The lowest BCUT2D eigenvalue weighted by atomic mass is 9.64. The molecule has 0 spiro atoms. The fraction of sp³-hybridized carbons (Fsp3) is 0.533. The zero-order valence-electron chi connectivity index (χ0n) is 23.9. The highest BCUT2D eigenvalue weighted by Crippen LogP contribution is 2.52. The van der Waals surface area contributed by atoms with Crippen molar-refractivity contribution in [2.24, 2.45) is 0 Å². The van der Waals surface area contributed by atoms with E-state index in [2.05, 4.69) is 27.7 Å². The van der Waals surface area contributed by atoms with Crippen molar-refractivity contribution in [3.8, 4) is 11.5 Å². The number of rotatable bonds is 6. The minimum absolute atomic E-state index is 0.0767. The topological polar surface area (TPSA) is 100 Å². The van der Waals surface area contributed by atoms with Crippen LogP contribution in [-0.4, -0.2) is 67.1 Å². The van der Waals surface area contributed by atoms with E-state index in [-0.39, 0.29) is 17.5 Å². The van der Waals surface area contributed by atoms with Gasteiger partial charge >= 0.3 is 18.2 Å². The Bertz CT molecular complexity index is 1290. The molecule has 3 unspecified atom stereocenters. The van der Waals surface area contributed by atoms with Gasteiger partial charge in [0.05, 0.1) is 14.2 Å². The van der Waals surface area contributed by atoms with Crippen molar-refractivity contribution in [1.29, 1.82) is 0 Å². The number of aryl methyl sites for hydroxylation is 1. The number of likely N-dealkylation sites (tertiary alicyclic amines) is 1. The molecule has 12 heteroatoms. The first-order valence-electron chi connectivity index (χ1n) is 14.0. The standard InChI is InChI=1S/C28H36ClN3O3.C2HF3O2/c1-18-7-9-20(29)16-23(18)31-27(33)30-21-11-12-28(19-8-10-24(34-2)25(15-19)35-3)13-14-32(26(28)17-21)22-5-4-6-22;3-2(4,5)1(6)7/h7-10,15-16,21-22,26H,4-6,11-14,17H2,1-3H3,(H2,30,31,33);(H,6,7). The van der Waals surface area contributed by atoms with E-state index in [1.165, 1.54) is 24.8 Å². The number of hydrogen-bond acceptors (Lipinski definition) is 5. The summed E-state index contributed by atoms with van der Waals surface area (Å²) in [6, 6.07) is 13.0. The fourth-order valence-electron chi connectivity index (χ4n) is 6.43. The molecule has 2 aromatic rings. The zero-order chi connectivity index (χ0) is 30.7. The molecule has 2 saturated carbocycles. The van der Waals surface area contributed by atoms with E-state index in [1.54, 1.807) is 20.3 Å². The Morgan fingerprint density at radius 3 is 2.33 bits per heavy atom. The molecule has 0 radical (unpaired) electrons. The van der Waals surface area contributed by atoms with Gasteiger partial charge in [-0.25, -0.2) is 9.59 Å². The quantitative estimate of drug-likeness (QED) is 0.343. The second-order valence-electron chi connectivity index (χ2n) is 11.1. The summed E-state index contributed by atoms with van der Waals surface area (Å²) >= 11 is 6.14. The Hall–Kier alpha value is -3.18. The van der Waals surface area contributed by atoms with Crippen LogP contribution < -0.4 is 20.1 Å². The van der Waals surface area contributed by atoms with Crippen molar-refractivity contribution >= 4 is 29.3 Å². The van der Waals surface area contributed by atoms with Gasteiger partial charge in [-0.2, -0.15) is 13.2 Å². The lowest BCUT2D eigenvalue weighted by Gasteiger charge is -2.48. The molecule has 1 saturated heterocycles. The molecule has 3 atom stereocenters. The molecule has 0 bridgehead atoms. The van der Waals surface area contributed by atoms with Gasteiger partial charge in [0.2, 0.25) is 0 Å². The van der Waals surface area contributed by atoms with Crippen LogP contribution in [0.25, 0.3) is 0 Å². The molecule has 2 aliphatic carbocycles. The number of methoxy groups -OCH3 is 2. The third kappa shape index (κ3) is 6.89. The van der Waals surface area contributed by atoms with Crippen LogP contribution in [0.5, 0.6) is 11.5 Å². The molecule has 42 heavy (non-hydrogen) atoms. The molecular weight excluding hydrogens is 575 g/mol. The van der Waals surface area contributed by atoms with E-state index in [9.17, 15) is 18.0 Å². The normalized spacial score (nSPS) is 24.0. The van der Waals surface area contributed by atoms with Gasteiger partial charge in [-0.1, -0.05) is 30.2 Å². The van der Waals surface area contributed by atoms with Crippen molar-refractivity contribution < 1.29 is 37.3 Å². The largest absolute Gasteiger partial charge is 0.493 e. The number of benzene rings is 2. The van der Waals surface area contributed by atoms with Gasteiger partial charge in [0.1, 0.15) is 0 Å². The Balaban J connectivity index is 0.000000517. The second kappa shape index (κ2) is 13.0. The van der Waals surface area contributed by atoms with Crippen LogP contribution in [0.1, 0.15) is 56.1 Å². The molecule has 5 rings (SSSR count). The minimum atomic E-state index is -5.08. The number of carbonyl (C=O) groups excluding carboxylic acids is 1. The van der Waals surface area contributed by atoms with E-state index in [0.29, 0.717) is 17.1 Å². The van der Waals surface area contributed by atoms with Crippen molar-refractivity contribution in [3.05, 3.63) is 52.5 Å². The molecule has 3 aliphatic rings. The summed E-state index contributed by atoms with van der Waals surface area (Å²) < 4.78 is 42.9. The number of anilines is 1. The number of carboxylic acids is 1. The molecule has 3 fully saturated rings. The van der Waals surface area contributed by atoms with Gasteiger partial charge in [-0.05, 0) is 87.4 Å². The summed E-state index contributed by atoms with van der Waals surface area (Å²) in [6.07, 6.45) is 2.89. The molecule has 2 amide bonds. The summed E-state index contributed by atoms with van der Waals surface area (Å²) in [6.45, 7) is 3.09. The van der Waals surface area contributed by atoms with Crippen molar-refractivity contribution in [1.82, 2.24) is 10.2 Å². The molecule has 8 nitrogen and oxygen atoms in total. The van der Waals surface area contributed by atoms with Crippen LogP contribution in [0, 0.1) is 6.92 Å². The van der Waals surface area contributed by atoms with E-state index in [0.717, 1.165) is 55.0 Å². The average molecular weight is 612 g/mol. The van der Waals surface area contributed by atoms with E-state index >= 15 is 0 Å². The number of nitrogens with one attached hydrogen (secondary N) is 2. The first kappa shape index (κ1) is 31.7. The number of hydrogen-bond donors (Lipinski definition) is 3. The first-order valence-corrected chi connectivity index (χ1v) is 14.4. The van der Waals surface area contributed by atoms with E-state index < -0.39 is 12.1 Å². The number of nitrogens with zero attached hydrogens (tertiary/aromatic N) is 1. The van der Waals surface area contributed by atoms with Gasteiger partial charge in [0.15, 0.2) is 11.5 Å². The summed E-state index contributed by atoms with van der Waals surface area (Å²) in [4.78, 5) is 24.6. The number of alkyl halides is 3. The monoisotopic (exact) mass is 611 g/mol. The van der Waals surface area contributed by atoms with Crippen LogP contribution in [0.3, 0.4) is 0 Å². The van der Waals surface area contributed by atoms with Crippen LogP contribution >= 0.6 is 11.6 Å². The predicted octanol–water partition coefficient (Wildman–Crippen LogP) is 6.54. The Morgan fingerprint density at radius 2 is 1.74 bits per heavy atom. The molecule has 2 aromatic carbocycles. The van der Waals surface area contributed by atoms with Crippen LogP contribution in [0.15, 0.2) is 36.4 Å². The summed E-state index contributed by atoms with van der Waals surface area (Å²) in [5.74, 6) is -1.20. The highest BCUT2D eigenvalue weighted by atomic mass is 35.5. The highest BCUT2D eigenvalue weighted by Gasteiger charge is 2.53. The third-order valence-corrected chi connectivity index (χ3v) is 9.06. The molecule has 1 heterocycles.